The van der Waals surface area contributed by atoms with Gasteiger partial charge in [0.1, 0.15) is 33.5 Å². The Morgan fingerprint density at radius 3 is 0.991 bits per heavy atom. The largest absolute Gasteiger partial charge is 0.456 e. The zero-order chi connectivity index (χ0) is 76.5. The fourth-order valence-electron chi connectivity index (χ4n) is 18.9. The topological polar surface area (TPSA) is 72.3 Å². The summed E-state index contributed by atoms with van der Waals surface area (Å²) < 4.78 is 38.0. The predicted octanol–water partition coefficient (Wildman–Crippen LogP) is 30.7. The Bertz CT molecular complexity index is 8720. The minimum absolute atomic E-state index is 0.875. The van der Waals surface area contributed by atoms with Crippen LogP contribution in [0.3, 0.4) is 0 Å². The molecular formula is C108H64N4O4S. The first kappa shape index (κ1) is 65.2. The molecule has 27 rings (SSSR count). The van der Waals surface area contributed by atoms with Gasteiger partial charge in [0.15, 0.2) is 11.2 Å². The third-order valence-corrected chi connectivity index (χ3v) is 25.2. The normalized spacial score (nSPS) is 12.1. The summed E-state index contributed by atoms with van der Waals surface area (Å²) in [5.74, 6) is 0. The molecule has 0 unspecified atom stereocenters. The van der Waals surface area contributed by atoms with E-state index in [1.807, 2.05) is 47.7 Å². The molecule has 8 nitrogen and oxygen atoms in total. The molecule has 0 N–H and O–H groups in total. The van der Waals surface area contributed by atoms with Crippen LogP contribution in [-0.2, 0) is 0 Å². The summed E-state index contributed by atoms with van der Waals surface area (Å²) >= 11 is 1.88. The van der Waals surface area contributed by atoms with E-state index >= 15 is 0 Å². The molecule has 27 aromatic rings. The highest BCUT2D eigenvalue weighted by molar-refractivity contribution is 7.25. The van der Waals surface area contributed by atoms with Crippen molar-refractivity contribution in [1.82, 2.24) is 18.3 Å². The second kappa shape index (κ2) is 25.5. The van der Waals surface area contributed by atoms with Crippen LogP contribution in [0.4, 0.5) is 0 Å². The molecule has 117 heavy (non-hydrogen) atoms. The van der Waals surface area contributed by atoms with Crippen LogP contribution < -0.4 is 0 Å². The first-order chi connectivity index (χ1) is 58.0. The Morgan fingerprint density at radius 1 is 0.162 bits per heavy atom. The monoisotopic (exact) mass is 1510 g/mol. The van der Waals surface area contributed by atoms with Crippen molar-refractivity contribution in [3.8, 4) is 45.0 Å². The minimum Gasteiger partial charge on any atom is -0.456 e. The Hall–Kier alpha value is -15.4. The highest BCUT2D eigenvalue weighted by Crippen LogP contribution is 2.48. The highest BCUT2D eigenvalue weighted by atomic mass is 32.1. The van der Waals surface area contributed by atoms with E-state index in [1.54, 1.807) is 0 Å². The Kier molecular flexibility index (Phi) is 14.2. The number of fused-ring (bicyclic) bond motifs is 27. The van der Waals surface area contributed by atoms with Gasteiger partial charge in [-0.25, -0.2) is 0 Å². The number of hydrogen-bond acceptors (Lipinski definition) is 5. The first-order valence-corrected chi connectivity index (χ1v) is 40.5. The van der Waals surface area contributed by atoms with Crippen LogP contribution in [0.1, 0.15) is 0 Å². The van der Waals surface area contributed by atoms with Gasteiger partial charge in [-0.15, -0.1) is 11.3 Å². The molecule has 0 aliphatic carbocycles. The predicted molar refractivity (Wildman–Crippen MR) is 490 cm³/mol. The summed E-state index contributed by atoms with van der Waals surface area (Å²) in [4.78, 5) is 0. The van der Waals surface area contributed by atoms with Crippen LogP contribution in [0.25, 0.3) is 240 Å². The van der Waals surface area contributed by atoms with E-state index in [9.17, 15) is 0 Å². The van der Waals surface area contributed by atoms with Gasteiger partial charge in [0.25, 0.3) is 0 Å². The minimum atomic E-state index is 0.875. The van der Waals surface area contributed by atoms with Crippen LogP contribution in [0.5, 0.6) is 0 Å². The Morgan fingerprint density at radius 2 is 0.496 bits per heavy atom. The fourth-order valence-corrected chi connectivity index (χ4v) is 20.0. The molecule has 0 fully saturated rings. The number of para-hydroxylation sites is 10. The summed E-state index contributed by atoms with van der Waals surface area (Å²) in [6, 6.07) is 138. The Balaban J connectivity index is 0.0000000995. The van der Waals surface area contributed by atoms with E-state index < -0.39 is 0 Å². The van der Waals surface area contributed by atoms with Crippen molar-refractivity contribution in [1.29, 1.82) is 0 Å². The van der Waals surface area contributed by atoms with Gasteiger partial charge in [0.05, 0.1) is 55.5 Å². The number of aromatic nitrogens is 4. The maximum Gasteiger partial charge on any atom is 0.159 e. The number of furan rings is 4. The number of thiophene rings is 1. The SMILES string of the molecule is c1ccc(-c2cc(-c3ccccc3)cc(-n3c4ccccc4c4cc5sc6ccccc6c5cc43)c2)cc1.c1ccc(-n2c3ccccc3c3cc4oc5c(-n6c7ccccc7c7cc8oc9ccccc9c8cc76)cccc5c4cc32)cc1.c1ccc2c(c1)oc1cc3c4ccccc4n(-c4cccc5c4oc4ccccc45)c3cc12. The smallest absolute Gasteiger partial charge is 0.159 e. The molecule has 0 aliphatic heterocycles. The fraction of sp³-hybridized carbons (Fsp3) is 0. The van der Waals surface area contributed by atoms with Gasteiger partial charge >= 0.3 is 0 Å². The van der Waals surface area contributed by atoms with Gasteiger partial charge < -0.3 is 35.9 Å². The molecule has 546 valence electrons. The van der Waals surface area contributed by atoms with Crippen molar-refractivity contribution in [2.75, 3.05) is 0 Å². The van der Waals surface area contributed by atoms with Crippen LogP contribution >= 0.6 is 11.3 Å². The lowest BCUT2D eigenvalue weighted by molar-refractivity contribution is 0.666. The number of benzene rings is 18. The van der Waals surface area contributed by atoms with E-state index in [2.05, 4.69) is 370 Å². The van der Waals surface area contributed by atoms with Crippen molar-refractivity contribution in [3.05, 3.63) is 388 Å². The quantitative estimate of drug-likeness (QED) is 0.166. The maximum atomic E-state index is 6.87. The lowest BCUT2D eigenvalue weighted by Crippen LogP contribution is -1.96. The van der Waals surface area contributed by atoms with Gasteiger partial charge in [0.2, 0.25) is 0 Å². The third-order valence-electron chi connectivity index (χ3n) is 24.1. The lowest BCUT2D eigenvalue weighted by Gasteiger charge is -2.14. The second-order valence-corrected chi connectivity index (χ2v) is 31.6. The van der Waals surface area contributed by atoms with E-state index in [4.69, 9.17) is 17.7 Å². The zero-order valence-electron chi connectivity index (χ0n) is 62.8. The number of rotatable bonds is 6. The van der Waals surface area contributed by atoms with Crippen LogP contribution in [0.2, 0.25) is 0 Å². The molecule has 9 heterocycles. The van der Waals surface area contributed by atoms with Crippen molar-refractivity contribution in [2.45, 2.75) is 0 Å². The van der Waals surface area contributed by atoms with E-state index in [1.165, 1.54) is 108 Å². The summed E-state index contributed by atoms with van der Waals surface area (Å²) in [6.45, 7) is 0. The van der Waals surface area contributed by atoms with Crippen LogP contribution in [0, 0.1) is 0 Å². The van der Waals surface area contributed by atoms with Crippen molar-refractivity contribution < 1.29 is 17.7 Å². The molecule has 0 spiro atoms. The first-order valence-electron chi connectivity index (χ1n) is 39.7. The highest BCUT2D eigenvalue weighted by Gasteiger charge is 2.25. The molecule has 0 saturated carbocycles. The van der Waals surface area contributed by atoms with Crippen LogP contribution in [-0.4, -0.2) is 18.3 Å². The Labute approximate surface area is 671 Å². The average Bonchev–Trinajstić information content (AvgIpc) is 1.57. The van der Waals surface area contributed by atoms with Gasteiger partial charge in [0, 0.05) is 118 Å². The molecule has 9 heteroatoms. The number of hydrogen-bond donors (Lipinski definition) is 0. The number of nitrogens with zero attached hydrogens (tertiary/aromatic N) is 4. The molecule has 9 aromatic heterocycles. The van der Waals surface area contributed by atoms with Crippen molar-refractivity contribution >= 4 is 206 Å². The van der Waals surface area contributed by atoms with E-state index in [0.29, 0.717) is 0 Å². The van der Waals surface area contributed by atoms with Gasteiger partial charge in [-0.05, 0) is 162 Å². The van der Waals surface area contributed by atoms with Gasteiger partial charge in [-0.2, -0.15) is 0 Å². The average molecular weight is 1510 g/mol. The molecule has 0 amide bonds. The van der Waals surface area contributed by atoms with Gasteiger partial charge in [-0.1, -0.05) is 249 Å². The summed E-state index contributed by atoms with van der Waals surface area (Å²) in [5.41, 5.74) is 25.8. The lowest BCUT2D eigenvalue weighted by atomic mass is 9.98. The van der Waals surface area contributed by atoms with Crippen molar-refractivity contribution in [3.63, 3.8) is 0 Å². The zero-order valence-corrected chi connectivity index (χ0v) is 63.6. The molecule has 0 bridgehead atoms. The van der Waals surface area contributed by atoms with Crippen LogP contribution in [0.15, 0.2) is 406 Å². The van der Waals surface area contributed by atoms with E-state index in [-0.39, 0.29) is 0 Å². The molecular weight excluding hydrogens is 1450 g/mol. The standard InChI is InChI=1S/C42H24N2O2.C36H23NS.C30H17NO2/c1-2-11-25(12-3-1)43-34-17-7-4-13-26(34)30-24-41-33(22-37(30)43)29-16-10-19-36(42(29)46-41)44-35-18-8-5-14-27(35)31-23-40-32(21-38(31)44)28-15-6-9-20-39(28)45-40;1-3-11-24(12-4-1)26-19-27(25-13-5-2-6-14-25)21-28(20-26)37-33-17-9-7-15-29(33)31-23-36-32(22-34(31)37)30-16-8-10-18-35(30)38-36;1-4-12-24-18(8-1)22-17-29-23(20-10-3-5-14-27(20)32-29)16-26(22)31(24)25-13-7-11-21-19-9-2-6-15-28(19)33-30(21)25/h1-24H;1-23H;1-17H. The summed E-state index contributed by atoms with van der Waals surface area (Å²) in [5, 5.41) is 21.3. The van der Waals surface area contributed by atoms with E-state index in [0.717, 1.165) is 132 Å². The second-order valence-electron chi connectivity index (χ2n) is 30.5. The maximum absolute atomic E-state index is 6.87. The molecule has 18 aromatic carbocycles. The van der Waals surface area contributed by atoms with Gasteiger partial charge in [-0.3, -0.25) is 0 Å². The molecule has 0 saturated heterocycles. The molecule has 0 radical (unpaired) electrons. The summed E-state index contributed by atoms with van der Waals surface area (Å²) in [7, 11) is 0. The van der Waals surface area contributed by atoms with Crippen molar-refractivity contribution in [2.24, 2.45) is 0 Å². The summed E-state index contributed by atoms with van der Waals surface area (Å²) in [6.07, 6.45) is 0. The molecule has 0 aliphatic rings. The third kappa shape index (κ3) is 10.0. The molecule has 0 atom stereocenters.